The number of carbonyl (C=O) groups is 1. The molecule has 0 bridgehead atoms. The van der Waals surface area contributed by atoms with Crippen LogP contribution in [0.25, 0.3) is 0 Å². The van der Waals surface area contributed by atoms with Crippen molar-refractivity contribution in [3.8, 4) is 0 Å². The van der Waals surface area contributed by atoms with Gasteiger partial charge in [0.2, 0.25) is 0 Å². The topological polar surface area (TPSA) is 32.8 Å². The highest BCUT2D eigenvalue weighted by molar-refractivity contribution is 5.73. The minimum atomic E-state index is -4.42. The molecule has 1 aliphatic rings. The van der Waals surface area contributed by atoms with Crippen LogP contribution in [0, 0.1) is 0 Å². The number of ether oxygens (including phenoxy) is 1. The fraction of sp³-hybridized carbons (Fsp3) is 0.588. The third-order valence-corrected chi connectivity index (χ3v) is 4.16. The molecule has 1 aliphatic heterocycles. The van der Waals surface area contributed by atoms with Crippen LogP contribution in [0.5, 0.6) is 0 Å². The monoisotopic (exact) mass is 344 g/mol. The van der Waals surface area contributed by atoms with Crippen LogP contribution in [-0.4, -0.2) is 55.6 Å². The largest absolute Gasteiger partial charge is 0.466 e. The van der Waals surface area contributed by atoms with Gasteiger partial charge in [0.1, 0.15) is 0 Å². The molecule has 2 rings (SSSR count). The van der Waals surface area contributed by atoms with Gasteiger partial charge in [0.05, 0.1) is 18.6 Å². The lowest BCUT2D eigenvalue weighted by Crippen LogP contribution is -2.44. The zero-order valence-electron chi connectivity index (χ0n) is 14.0. The number of hydrogen-bond acceptors (Lipinski definition) is 4. The summed E-state index contributed by atoms with van der Waals surface area (Å²) in [5.41, 5.74) is 0.409. The highest BCUT2D eigenvalue weighted by Crippen LogP contribution is 2.31. The van der Waals surface area contributed by atoms with Gasteiger partial charge < -0.3 is 9.64 Å². The van der Waals surface area contributed by atoms with E-state index in [9.17, 15) is 18.0 Å². The van der Waals surface area contributed by atoms with Crippen molar-refractivity contribution in [3.05, 3.63) is 34.9 Å². The second kappa shape index (κ2) is 7.98. The van der Waals surface area contributed by atoms with Gasteiger partial charge >= 0.3 is 12.1 Å². The predicted molar refractivity (Wildman–Crippen MR) is 84.6 cm³/mol. The number of esters is 1. The summed E-state index contributed by atoms with van der Waals surface area (Å²) in [6.45, 7) is 6.00. The molecular formula is C17H23F3N2O2. The van der Waals surface area contributed by atoms with Crippen molar-refractivity contribution in [1.29, 1.82) is 0 Å². The lowest BCUT2D eigenvalue weighted by molar-refractivity contribution is -0.142. The molecule has 4 nitrogen and oxygen atoms in total. The number of nitrogens with zero attached hydrogens (tertiary/aromatic N) is 2. The zero-order valence-corrected chi connectivity index (χ0v) is 14.0. The highest BCUT2D eigenvalue weighted by atomic mass is 19.4. The molecule has 0 amide bonds. The van der Waals surface area contributed by atoms with Gasteiger partial charge in [-0.25, -0.2) is 0 Å². The second-order valence-corrected chi connectivity index (χ2v) is 6.04. The summed E-state index contributed by atoms with van der Waals surface area (Å²) < 4.78 is 43.8. The molecule has 0 atom stereocenters. The summed E-state index contributed by atoms with van der Waals surface area (Å²) in [6.07, 6.45) is -4.56. The second-order valence-electron chi connectivity index (χ2n) is 6.04. The maximum Gasteiger partial charge on any atom is 0.416 e. The first kappa shape index (κ1) is 18.7. The van der Waals surface area contributed by atoms with Crippen molar-refractivity contribution in [3.63, 3.8) is 0 Å². The van der Waals surface area contributed by atoms with Crippen molar-refractivity contribution < 1.29 is 22.7 Å². The number of benzene rings is 1. The van der Waals surface area contributed by atoms with E-state index in [1.54, 1.807) is 6.92 Å². The van der Waals surface area contributed by atoms with E-state index in [1.807, 2.05) is 7.05 Å². The Kier molecular flexibility index (Phi) is 6.23. The fourth-order valence-corrected chi connectivity index (χ4v) is 2.74. The van der Waals surface area contributed by atoms with E-state index in [4.69, 9.17) is 4.74 Å². The number of rotatable bonds is 5. The van der Waals surface area contributed by atoms with Crippen molar-refractivity contribution >= 4 is 5.97 Å². The van der Waals surface area contributed by atoms with Gasteiger partial charge in [-0.05, 0) is 37.2 Å². The lowest BCUT2D eigenvalue weighted by Gasteiger charge is -2.32. The van der Waals surface area contributed by atoms with Crippen molar-refractivity contribution in [2.45, 2.75) is 26.1 Å². The van der Waals surface area contributed by atoms with E-state index < -0.39 is 17.7 Å². The van der Waals surface area contributed by atoms with E-state index >= 15 is 0 Å². The molecule has 1 heterocycles. The molecule has 0 saturated carbocycles. The van der Waals surface area contributed by atoms with Gasteiger partial charge in [-0.3, -0.25) is 9.69 Å². The third kappa shape index (κ3) is 5.21. The molecule has 1 aromatic carbocycles. The van der Waals surface area contributed by atoms with E-state index in [0.717, 1.165) is 43.9 Å². The molecule has 134 valence electrons. The molecule has 1 saturated heterocycles. The molecule has 0 unspecified atom stereocenters. The Balaban J connectivity index is 2.19. The number of halogens is 3. The SMILES string of the molecule is CCOC(=O)Cc1cc(C(F)(F)F)ccc1CN1CCN(C)CC1. The summed E-state index contributed by atoms with van der Waals surface area (Å²) in [4.78, 5) is 16.1. The quantitative estimate of drug-likeness (QED) is 0.769. The van der Waals surface area contributed by atoms with E-state index in [1.165, 1.54) is 6.07 Å². The van der Waals surface area contributed by atoms with Gasteiger partial charge in [-0.15, -0.1) is 0 Å². The fourth-order valence-electron chi connectivity index (χ4n) is 2.74. The Hall–Kier alpha value is -1.60. The summed E-state index contributed by atoms with van der Waals surface area (Å²) >= 11 is 0. The number of carbonyl (C=O) groups excluding carboxylic acids is 1. The Morgan fingerprint density at radius 3 is 2.42 bits per heavy atom. The normalized spacial score (nSPS) is 17.0. The van der Waals surface area contributed by atoms with Crippen LogP contribution < -0.4 is 0 Å². The smallest absolute Gasteiger partial charge is 0.416 e. The van der Waals surface area contributed by atoms with E-state index in [0.29, 0.717) is 12.1 Å². The van der Waals surface area contributed by atoms with Gasteiger partial charge in [0.15, 0.2) is 0 Å². The molecule has 0 N–H and O–H groups in total. The van der Waals surface area contributed by atoms with Crippen LogP contribution in [0.4, 0.5) is 13.2 Å². The maximum absolute atomic E-state index is 13.0. The molecule has 1 fully saturated rings. The third-order valence-electron chi connectivity index (χ3n) is 4.16. The molecular weight excluding hydrogens is 321 g/mol. The van der Waals surface area contributed by atoms with E-state index in [-0.39, 0.29) is 13.0 Å². The van der Waals surface area contributed by atoms with Crippen molar-refractivity contribution in [2.75, 3.05) is 39.8 Å². The van der Waals surface area contributed by atoms with Gasteiger partial charge in [-0.1, -0.05) is 6.07 Å². The molecule has 0 radical (unpaired) electrons. The van der Waals surface area contributed by atoms with Crippen LogP contribution in [0.15, 0.2) is 18.2 Å². The molecule has 24 heavy (non-hydrogen) atoms. The van der Waals surface area contributed by atoms with Crippen LogP contribution >= 0.6 is 0 Å². The minimum absolute atomic E-state index is 0.138. The lowest BCUT2D eigenvalue weighted by atomic mass is 10.00. The number of likely N-dealkylation sites (N-methyl/N-ethyl adjacent to an activating group) is 1. The maximum atomic E-state index is 13.0. The molecule has 1 aromatic rings. The number of alkyl halides is 3. The van der Waals surface area contributed by atoms with Crippen LogP contribution in [0.2, 0.25) is 0 Å². The Morgan fingerprint density at radius 1 is 1.17 bits per heavy atom. The molecule has 7 heteroatoms. The molecule has 0 aromatic heterocycles. The predicted octanol–water partition coefficient (Wildman–Crippen LogP) is 2.56. The zero-order chi connectivity index (χ0) is 17.7. The number of hydrogen-bond donors (Lipinski definition) is 0. The van der Waals surface area contributed by atoms with Crippen LogP contribution in [0.1, 0.15) is 23.6 Å². The van der Waals surface area contributed by atoms with Gasteiger partial charge in [0, 0.05) is 32.7 Å². The first-order valence-corrected chi connectivity index (χ1v) is 8.05. The van der Waals surface area contributed by atoms with Crippen molar-refractivity contribution in [2.24, 2.45) is 0 Å². The average molecular weight is 344 g/mol. The Bertz CT molecular complexity index is 567. The Morgan fingerprint density at radius 2 is 1.83 bits per heavy atom. The van der Waals surface area contributed by atoms with Gasteiger partial charge in [0.25, 0.3) is 0 Å². The molecule has 0 aliphatic carbocycles. The Labute approximate surface area is 140 Å². The standard InChI is InChI=1S/C17H23F3N2O2/c1-3-24-16(23)11-14-10-15(17(18,19)20)5-4-13(14)12-22-8-6-21(2)7-9-22/h4-5,10H,3,6-9,11-12H2,1-2H3. The first-order valence-electron chi connectivity index (χ1n) is 8.05. The number of piperazine rings is 1. The van der Waals surface area contributed by atoms with E-state index in [2.05, 4.69) is 9.80 Å². The minimum Gasteiger partial charge on any atom is -0.466 e. The average Bonchev–Trinajstić information content (AvgIpc) is 2.50. The summed E-state index contributed by atoms with van der Waals surface area (Å²) in [7, 11) is 2.04. The summed E-state index contributed by atoms with van der Waals surface area (Å²) in [6, 6.07) is 3.64. The van der Waals surface area contributed by atoms with Crippen LogP contribution in [0.3, 0.4) is 0 Å². The summed E-state index contributed by atoms with van der Waals surface area (Å²) in [5.74, 6) is -0.503. The van der Waals surface area contributed by atoms with Crippen molar-refractivity contribution in [1.82, 2.24) is 9.80 Å². The van der Waals surface area contributed by atoms with Crippen LogP contribution in [-0.2, 0) is 28.7 Å². The highest BCUT2D eigenvalue weighted by Gasteiger charge is 2.31. The first-order chi connectivity index (χ1) is 11.3. The van der Waals surface area contributed by atoms with Gasteiger partial charge in [-0.2, -0.15) is 13.2 Å². The summed E-state index contributed by atoms with van der Waals surface area (Å²) in [5, 5.41) is 0. The molecule has 0 spiro atoms.